The maximum Gasteiger partial charge on any atom is 0.404 e. The van der Waals surface area contributed by atoms with Gasteiger partial charge < -0.3 is 15.7 Å². The number of nitrogens with one attached hydrogen (secondary N) is 3. The predicted octanol–water partition coefficient (Wildman–Crippen LogP) is 3.30. The third kappa shape index (κ3) is 3.91. The van der Waals surface area contributed by atoms with E-state index in [-0.39, 0.29) is 6.54 Å². The van der Waals surface area contributed by atoms with Crippen molar-refractivity contribution in [2.45, 2.75) is 25.3 Å². The summed E-state index contributed by atoms with van der Waals surface area (Å²) in [5.41, 5.74) is 1.65. The Morgan fingerprint density at radius 3 is 3.04 bits per heavy atom. The Hall–Kier alpha value is -3.38. The van der Waals surface area contributed by atoms with Crippen LogP contribution in [0, 0.1) is 12.3 Å². The summed E-state index contributed by atoms with van der Waals surface area (Å²) >= 11 is 1.42. The summed E-state index contributed by atoms with van der Waals surface area (Å²) in [5, 5.41) is 21.5. The number of H-pyrrole nitrogens is 1. The lowest BCUT2D eigenvalue weighted by molar-refractivity contribution is 0.194. The zero-order valence-corrected chi connectivity index (χ0v) is 15.0. The molecule has 0 aromatic carbocycles. The lowest BCUT2D eigenvalue weighted by Gasteiger charge is -2.06. The molecule has 1 aliphatic rings. The van der Waals surface area contributed by atoms with Crippen LogP contribution in [0.5, 0.6) is 0 Å². The molecule has 0 unspecified atom stereocenters. The minimum Gasteiger partial charge on any atom is -0.465 e. The van der Waals surface area contributed by atoms with Crippen molar-refractivity contribution in [1.29, 1.82) is 0 Å². The van der Waals surface area contributed by atoms with Gasteiger partial charge in [-0.15, -0.1) is 17.8 Å². The third-order valence-corrected chi connectivity index (χ3v) is 5.18. The molecule has 4 rings (SSSR count). The number of thiophene rings is 1. The number of carbonyl (C=O) groups is 1. The number of rotatable bonds is 6. The van der Waals surface area contributed by atoms with Crippen LogP contribution in [0.15, 0.2) is 24.4 Å². The fraction of sp³-hybridized carbons (Fsp3) is 0.222. The van der Waals surface area contributed by atoms with Gasteiger partial charge in [0.1, 0.15) is 0 Å². The maximum absolute atomic E-state index is 10.6. The molecule has 1 amide bonds. The second-order valence-corrected chi connectivity index (χ2v) is 7.30. The monoisotopic (exact) mass is 380 g/mol. The van der Waals surface area contributed by atoms with Crippen molar-refractivity contribution in [3.63, 3.8) is 0 Å². The van der Waals surface area contributed by atoms with Crippen LogP contribution in [0.1, 0.15) is 34.9 Å². The highest BCUT2D eigenvalue weighted by atomic mass is 32.1. The van der Waals surface area contributed by atoms with Crippen LogP contribution in [0.2, 0.25) is 0 Å². The molecule has 0 aliphatic heterocycles. The average Bonchev–Trinajstić information content (AvgIpc) is 3.22. The molecule has 4 N–H and O–H groups in total. The molecular formula is C18H16N6O2S. The largest absolute Gasteiger partial charge is 0.465 e. The number of carboxylic acid groups (broad SMARTS) is 1. The third-order valence-electron chi connectivity index (χ3n) is 4.10. The van der Waals surface area contributed by atoms with Gasteiger partial charge in [0, 0.05) is 28.8 Å². The van der Waals surface area contributed by atoms with E-state index in [4.69, 9.17) is 11.5 Å². The highest BCUT2D eigenvalue weighted by Crippen LogP contribution is 2.39. The Balaban J connectivity index is 1.56. The van der Waals surface area contributed by atoms with Gasteiger partial charge >= 0.3 is 6.09 Å². The second kappa shape index (κ2) is 7.09. The van der Waals surface area contributed by atoms with Gasteiger partial charge in [-0.25, -0.2) is 14.8 Å². The summed E-state index contributed by atoms with van der Waals surface area (Å²) in [5.74, 6) is 4.84. The van der Waals surface area contributed by atoms with Crippen molar-refractivity contribution < 1.29 is 9.90 Å². The van der Waals surface area contributed by atoms with Crippen molar-refractivity contribution in [2.75, 3.05) is 5.32 Å². The molecular weight excluding hydrogens is 364 g/mol. The standard InChI is InChI=1S/C18H16N6O2S/c1-2-10-8-19-17(14-6-5-12(27-14)9-20-18(25)26)22-16(10)21-15-7-13(23-24-15)11-3-4-11/h1,5-8,11,20H,3-4,9H2,(H,25,26)(H2,19,21,22,23,24). The van der Waals surface area contributed by atoms with Crippen molar-refractivity contribution in [2.24, 2.45) is 0 Å². The molecule has 0 bridgehead atoms. The number of aromatic amines is 1. The van der Waals surface area contributed by atoms with Crippen LogP contribution in [0.4, 0.5) is 16.4 Å². The molecule has 9 heteroatoms. The first-order valence-corrected chi connectivity index (χ1v) is 9.16. The first-order chi connectivity index (χ1) is 13.1. The Morgan fingerprint density at radius 1 is 1.44 bits per heavy atom. The van der Waals surface area contributed by atoms with E-state index in [0.29, 0.717) is 28.9 Å². The van der Waals surface area contributed by atoms with Gasteiger partial charge in [0.25, 0.3) is 0 Å². The van der Waals surface area contributed by atoms with E-state index in [9.17, 15) is 4.79 Å². The van der Waals surface area contributed by atoms with E-state index in [1.54, 1.807) is 6.20 Å². The van der Waals surface area contributed by atoms with Gasteiger partial charge in [-0.05, 0) is 25.0 Å². The van der Waals surface area contributed by atoms with Crippen LogP contribution in [0.3, 0.4) is 0 Å². The molecule has 8 nitrogen and oxygen atoms in total. The maximum atomic E-state index is 10.6. The van der Waals surface area contributed by atoms with Crippen molar-refractivity contribution in [3.8, 4) is 23.0 Å². The fourth-order valence-electron chi connectivity index (χ4n) is 2.58. The van der Waals surface area contributed by atoms with Gasteiger partial charge in [0.15, 0.2) is 17.5 Å². The van der Waals surface area contributed by atoms with Crippen molar-refractivity contribution in [3.05, 3.63) is 40.5 Å². The van der Waals surface area contributed by atoms with Gasteiger partial charge in [0.05, 0.1) is 17.0 Å². The summed E-state index contributed by atoms with van der Waals surface area (Å²) in [7, 11) is 0. The van der Waals surface area contributed by atoms with E-state index in [2.05, 4.69) is 36.7 Å². The molecule has 0 saturated heterocycles. The fourth-order valence-corrected chi connectivity index (χ4v) is 3.47. The lowest BCUT2D eigenvalue weighted by atomic mass is 10.3. The molecule has 3 aromatic heterocycles. The minimum absolute atomic E-state index is 0.241. The number of hydrogen-bond acceptors (Lipinski definition) is 6. The highest BCUT2D eigenvalue weighted by Gasteiger charge is 2.25. The topological polar surface area (TPSA) is 116 Å². The summed E-state index contributed by atoms with van der Waals surface area (Å²) in [6, 6.07) is 5.68. The Morgan fingerprint density at radius 2 is 2.30 bits per heavy atom. The van der Waals surface area contributed by atoms with Crippen LogP contribution in [-0.4, -0.2) is 31.4 Å². The quantitative estimate of drug-likeness (QED) is 0.488. The summed E-state index contributed by atoms with van der Waals surface area (Å²) in [4.78, 5) is 21.2. The number of anilines is 2. The number of amides is 1. The van der Waals surface area contributed by atoms with E-state index < -0.39 is 6.09 Å². The molecule has 0 spiro atoms. The zero-order chi connectivity index (χ0) is 18.8. The number of aromatic nitrogens is 4. The Bertz CT molecular complexity index is 1030. The second-order valence-electron chi connectivity index (χ2n) is 6.13. The van der Waals surface area contributed by atoms with Crippen LogP contribution in [-0.2, 0) is 6.54 Å². The van der Waals surface area contributed by atoms with E-state index in [1.165, 1.54) is 24.2 Å². The van der Waals surface area contributed by atoms with Crippen LogP contribution in [0.25, 0.3) is 10.7 Å². The SMILES string of the molecule is C#Cc1cnc(-c2ccc(CNC(=O)O)s2)nc1Nc1cc(C2CC2)[nH]n1. The van der Waals surface area contributed by atoms with Crippen LogP contribution >= 0.6 is 11.3 Å². The smallest absolute Gasteiger partial charge is 0.404 e. The predicted molar refractivity (Wildman–Crippen MR) is 102 cm³/mol. The Labute approximate surface area is 159 Å². The molecule has 27 heavy (non-hydrogen) atoms. The molecule has 0 radical (unpaired) electrons. The van der Waals surface area contributed by atoms with Gasteiger partial charge in [0.2, 0.25) is 0 Å². The molecule has 136 valence electrons. The number of hydrogen-bond donors (Lipinski definition) is 4. The van der Waals surface area contributed by atoms with E-state index in [0.717, 1.165) is 15.4 Å². The number of terminal acetylenes is 1. The van der Waals surface area contributed by atoms with Gasteiger partial charge in [-0.2, -0.15) is 5.10 Å². The highest BCUT2D eigenvalue weighted by molar-refractivity contribution is 7.15. The number of nitrogens with zero attached hydrogens (tertiary/aromatic N) is 3. The minimum atomic E-state index is -1.06. The van der Waals surface area contributed by atoms with Crippen LogP contribution < -0.4 is 10.6 Å². The first kappa shape index (κ1) is 17.1. The lowest BCUT2D eigenvalue weighted by Crippen LogP contribution is -2.19. The zero-order valence-electron chi connectivity index (χ0n) is 14.2. The molecule has 3 aromatic rings. The van der Waals surface area contributed by atoms with E-state index in [1.807, 2.05) is 18.2 Å². The molecule has 1 saturated carbocycles. The normalized spacial score (nSPS) is 13.1. The molecule has 1 fully saturated rings. The summed E-state index contributed by atoms with van der Waals surface area (Å²) in [6.07, 6.45) is 8.47. The molecule has 0 atom stereocenters. The van der Waals surface area contributed by atoms with E-state index >= 15 is 0 Å². The van der Waals surface area contributed by atoms with Crippen molar-refractivity contribution >= 4 is 29.1 Å². The molecule has 1 aliphatic carbocycles. The van der Waals surface area contributed by atoms with Crippen molar-refractivity contribution in [1.82, 2.24) is 25.5 Å². The average molecular weight is 380 g/mol. The molecule has 3 heterocycles. The summed E-state index contributed by atoms with van der Waals surface area (Å²) < 4.78 is 0. The van der Waals surface area contributed by atoms with Gasteiger partial charge in [-0.1, -0.05) is 5.92 Å². The Kier molecular flexibility index (Phi) is 4.48. The first-order valence-electron chi connectivity index (χ1n) is 8.34. The van der Waals surface area contributed by atoms with Gasteiger partial charge in [-0.3, -0.25) is 5.10 Å². The summed E-state index contributed by atoms with van der Waals surface area (Å²) in [6.45, 7) is 0.241.